The van der Waals surface area contributed by atoms with Gasteiger partial charge in [0.15, 0.2) is 6.10 Å². The average Bonchev–Trinajstić information content (AvgIpc) is 2.42. The second-order valence-corrected chi connectivity index (χ2v) is 5.22. The van der Waals surface area contributed by atoms with E-state index in [1.807, 2.05) is 0 Å². The van der Waals surface area contributed by atoms with E-state index >= 15 is 0 Å². The number of hydrogen-bond donors (Lipinski definition) is 2. The molecule has 0 rings (SSSR count). The first-order valence-corrected chi connectivity index (χ1v) is 6.67. The van der Waals surface area contributed by atoms with Crippen LogP contribution in [0.4, 0.5) is 4.79 Å². The molecule has 0 aliphatic rings. The zero-order chi connectivity index (χ0) is 17.2. The minimum atomic E-state index is -1.05. The highest BCUT2D eigenvalue weighted by atomic mass is 16.6. The van der Waals surface area contributed by atoms with Crippen LogP contribution < -0.4 is 10.9 Å². The highest BCUT2D eigenvalue weighted by Gasteiger charge is 2.23. The van der Waals surface area contributed by atoms with Crippen molar-refractivity contribution in [2.24, 2.45) is 0 Å². The van der Waals surface area contributed by atoms with E-state index in [0.29, 0.717) is 0 Å². The van der Waals surface area contributed by atoms with Crippen LogP contribution in [-0.4, -0.2) is 57.1 Å². The summed E-state index contributed by atoms with van der Waals surface area (Å²) in [5.41, 5.74) is 4.28. The van der Waals surface area contributed by atoms with E-state index in [-0.39, 0.29) is 19.6 Å². The number of carbonyl (C=O) groups excluding carboxylic acids is 3. The molecule has 0 aromatic rings. The molecule has 0 saturated carbocycles. The van der Waals surface area contributed by atoms with E-state index in [1.54, 1.807) is 20.8 Å². The molecule has 1 atom stereocenters. The second-order valence-electron chi connectivity index (χ2n) is 5.22. The quantitative estimate of drug-likeness (QED) is 0.281. The number of nitrogens with one attached hydrogen (secondary N) is 2. The van der Waals surface area contributed by atoms with E-state index in [0.717, 1.165) is 0 Å². The number of hydrazine groups is 1. The normalized spacial score (nSPS) is 12.2. The fourth-order valence-corrected chi connectivity index (χ4v) is 1.27. The lowest BCUT2D eigenvalue weighted by Crippen LogP contribution is -2.43. The summed E-state index contributed by atoms with van der Waals surface area (Å²) in [5, 5.41) is 0. The summed E-state index contributed by atoms with van der Waals surface area (Å²) in [7, 11) is 2.40. The van der Waals surface area contributed by atoms with Gasteiger partial charge in [-0.3, -0.25) is 10.2 Å². The highest BCUT2D eigenvalue weighted by Crippen LogP contribution is 2.06. The van der Waals surface area contributed by atoms with Gasteiger partial charge < -0.3 is 18.9 Å². The Bertz CT molecular complexity index is 379. The van der Waals surface area contributed by atoms with Crippen molar-refractivity contribution in [3.05, 3.63) is 0 Å². The first-order valence-electron chi connectivity index (χ1n) is 6.67. The lowest BCUT2D eigenvalue weighted by molar-refractivity contribution is -0.160. The van der Waals surface area contributed by atoms with Crippen molar-refractivity contribution >= 4 is 18.0 Å². The smallest absolute Gasteiger partial charge is 0.422 e. The number of rotatable bonds is 8. The van der Waals surface area contributed by atoms with E-state index in [4.69, 9.17) is 9.47 Å². The number of hydrogen-bond acceptors (Lipinski definition) is 8. The Hall–Kier alpha value is -1.87. The summed E-state index contributed by atoms with van der Waals surface area (Å²) >= 11 is 0. The molecule has 1 unspecified atom stereocenters. The Balaban J connectivity index is 4.01. The molecule has 0 aliphatic carbocycles. The Morgan fingerprint density at radius 2 is 1.73 bits per heavy atom. The lowest BCUT2D eigenvalue weighted by atomic mass is 10.2. The van der Waals surface area contributed by atoms with Crippen molar-refractivity contribution in [1.29, 1.82) is 0 Å². The van der Waals surface area contributed by atoms with E-state index in [9.17, 15) is 14.4 Å². The van der Waals surface area contributed by atoms with Crippen molar-refractivity contribution in [3.63, 3.8) is 0 Å². The Labute approximate surface area is 129 Å². The lowest BCUT2D eigenvalue weighted by Gasteiger charge is -2.20. The molecule has 0 aromatic carbocycles. The molecule has 9 heteroatoms. The van der Waals surface area contributed by atoms with Crippen molar-refractivity contribution < 1.29 is 33.3 Å². The SMILES string of the molecule is COC(=O)CC(OCCNNC(=O)OC(C)(C)C)C(=O)OC. The van der Waals surface area contributed by atoms with Gasteiger partial charge in [0, 0.05) is 6.54 Å². The largest absolute Gasteiger partial charge is 0.469 e. The first kappa shape index (κ1) is 20.1. The van der Waals surface area contributed by atoms with Gasteiger partial charge >= 0.3 is 18.0 Å². The zero-order valence-corrected chi connectivity index (χ0v) is 13.6. The van der Waals surface area contributed by atoms with Crippen molar-refractivity contribution in [3.8, 4) is 0 Å². The minimum Gasteiger partial charge on any atom is -0.469 e. The molecule has 0 aromatic heterocycles. The summed E-state index contributed by atoms with van der Waals surface area (Å²) in [5.74, 6) is -1.26. The Morgan fingerprint density at radius 1 is 1.09 bits per heavy atom. The first-order chi connectivity index (χ1) is 10.2. The third-order valence-electron chi connectivity index (χ3n) is 2.18. The highest BCUT2D eigenvalue weighted by molar-refractivity contribution is 5.81. The monoisotopic (exact) mass is 320 g/mol. The summed E-state index contributed by atoms with van der Waals surface area (Å²) in [6.07, 6.45) is -1.93. The molecule has 0 heterocycles. The van der Waals surface area contributed by atoms with Crippen molar-refractivity contribution in [1.82, 2.24) is 10.9 Å². The second kappa shape index (κ2) is 9.96. The molecule has 128 valence electrons. The maximum atomic E-state index is 11.4. The van der Waals surface area contributed by atoms with Gasteiger partial charge in [-0.1, -0.05) is 0 Å². The standard InChI is InChI=1S/C13H24N2O7/c1-13(2,3)22-12(18)15-14-6-7-21-9(11(17)20-5)8-10(16)19-4/h9,14H,6-8H2,1-5H3,(H,15,18). The van der Waals surface area contributed by atoms with Crippen molar-refractivity contribution in [2.75, 3.05) is 27.4 Å². The van der Waals surface area contributed by atoms with Crippen LogP contribution in [-0.2, 0) is 28.5 Å². The molecule has 0 radical (unpaired) electrons. The van der Waals surface area contributed by atoms with Gasteiger partial charge in [0.05, 0.1) is 27.2 Å². The third-order valence-corrected chi connectivity index (χ3v) is 2.18. The van der Waals surface area contributed by atoms with Gasteiger partial charge in [-0.15, -0.1) is 0 Å². The van der Waals surface area contributed by atoms with Gasteiger partial charge in [-0.2, -0.15) is 0 Å². The average molecular weight is 320 g/mol. The molecule has 0 spiro atoms. The summed E-state index contributed by atoms with van der Waals surface area (Å²) in [4.78, 5) is 33.9. The molecule has 9 nitrogen and oxygen atoms in total. The molecular weight excluding hydrogens is 296 g/mol. The number of ether oxygens (including phenoxy) is 4. The number of carbonyl (C=O) groups is 3. The topological polar surface area (TPSA) is 112 Å². The maximum absolute atomic E-state index is 11.4. The van der Waals surface area contributed by atoms with Gasteiger partial charge in [-0.25, -0.2) is 15.0 Å². The Morgan fingerprint density at radius 3 is 2.23 bits per heavy atom. The van der Waals surface area contributed by atoms with Gasteiger partial charge in [0.1, 0.15) is 5.60 Å². The fourth-order valence-electron chi connectivity index (χ4n) is 1.27. The summed E-state index contributed by atoms with van der Waals surface area (Å²) < 4.78 is 19.2. The maximum Gasteiger partial charge on any atom is 0.422 e. The molecule has 0 bridgehead atoms. The third kappa shape index (κ3) is 9.94. The van der Waals surface area contributed by atoms with Gasteiger partial charge in [0.2, 0.25) is 0 Å². The fraction of sp³-hybridized carbons (Fsp3) is 0.769. The number of methoxy groups -OCH3 is 2. The summed E-state index contributed by atoms with van der Waals surface area (Å²) in [6.45, 7) is 5.48. The van der Waals surface area contributed by atoms with Crippen LogP contribution in [0.15, 0.2) is 0 Å². The van der Waals surface area contributed by atoms with Crippen LogP contribution in [0.1, 0.15) is 27.2 Å². The minimum absolute atomic E-state index is 0.0621. The number of amides is 1. The van der Waals surface area contributed by atoms with Crippen LogP contribution in [0, 0.1) is 0 Å². The van der Waals surface area contributed by atoms with E-state index < -0.39 is 29.7 Å². The molecular formula is C13H24N2O7. The Kier molecular flexibility index (Phi) is 9.11. The van der Waals surface area contributed by atoms with Crippen LogP contribution in [0.3, 0.4) is 0 Å². The molecule has 22 heavy (non-hydrogen) atoms. The predicted molar refractivity (Wildman–Crippen MR) is 75.8 cm³/mol. The van der Waals surface area contributed by atoms with Gasteiger partial charge in [0.25, 0.3) is 0 Å². The van der Waals surface area contributed by atoms with Crippen LogP contribution >= 0.6 is 0 Å². The van der Waals surface area contributed by atoms with E-state index in [1.165, 1.54) is 14.2 Å². The molecule has 1 amide bonds. The molecule has 0 saturated heterocycles. The van der Waals surface area contributed by atoms with E-state index in [2.05, 4.69) is 20.3 Å². The van der Waals surface area contributed by atoms with Crippen LogP contribution in [0.5, 0.6) is 0 Å². The summed E-state index contributed by atoms with van der Waals surface area (Å²) in [6, 6.07) is 0. The zero-order valence-electron chi connectivity index (χ0n) is 13.6. The van der Waals surface area contributed by atoms with Gasteiger partial charge in [-0.05, 0) is 20.8 Å². The predicted octanol–water partition coefficient (Wildman–Crippen LogP) is 0.137. The molecule has 0 fully saturated rings. The molecule has 0 aliphatic heterocycles. The van der Waals surface area contributed by atoms with Crippen LogP contribution in [0.2, 0.25) is 0 Å². The molecule has 2 N–H and O–H groups in total. The van der Waals surface area contributed by atoms with Crippen molar-refractivity contribution in [2.45, 2.75) is 38.9 Å². The number of esters is 2. The van der Waals surface area contributed by atoms with Crippen LogP contribution in [0.25, 0.3) is 0 Å².